The minimum atomic E-state index is 0.00267. The molecule has 0 bridgehead atoms. The van der Waals surface area contributed by atoms with Crippen LogP contribution in [0.1, 0.15) is 52.7 Å². The fourth-order valence-electron chi connectivity index (χ4n) is 10.2. The topological polar surface area (TPSA) is 32.8 Å². The summed E-state index contributed by atoms with van der Waals surface area (Å²) in [5.74, 6) is 0. The second-order valence-corrected chi connectivity index (χ2v) is 19.7. The van der Waals surface area contributed by atoms with E-state index in [0.717, 1.165) is 94.2 Å². The van der Waals surface area contributed by atoms with Crippen LogP contribution in [0.3, 0.4) is 0 Å². The Balaban J connectivity index is 1.18. The molecule has 0 N–H and O–H groups in total. The SMILES string of the molecule is CC(C)(C)c1ccc(N(c2cccc3ccccc23)c2cc3oc4cc(N(c5ccc(C(C)(C)C)cc5)c5cccc6ccccc56)c5oc6ccccc6c5c4c3c3ccccc23)cc1. The summed E-state index contributed by atoms with van der Waals surface area (Å²) in [6.45, 7) is 13.6. The van der Waals surface area contributed by atoms with Gasteiger partial charge in [-0.05, 0) is 80.6 Å². The lowest BCUT2D eigenvalue weighted by atomic mass is 9.87. The highest BCUT2D eigenvalue weighted by atomic mass is 16.3. The van der Waals surface area contributed by atoms with E-state index < -0.39 is 0 Å². The Bertz CT molecular complexity index is 3830. The quantitative estimate of drug-likeness (QED) is 0.167. The molecule has 4 heteroatoms. The van der Waals surface area contributed by atoms with Gasteiger partial charge >= 0.3 is 0 Å². The Morgan fingerprint density at radius 3 is 1.32 bits per heavy atom. The third-order valence-corrected chi connectivity index (χ3v) is 13.5. The molecule has 0 spiro atoms. The van der Waals surface area contributed by atoms with Gasteiger partial charge in [0.1, 0.15) is 16.7 Å². The monoisotopic (exact) mass is 854 g/mol. The van der Waals surface area contributed by atoms with Crippen LogP contribution in [0.15, 0.2) is 203 Å². The lowest BCUT2D eigenvalue weighted by Gasteiger charge is -2.29. The number of hydrogen-bond donors (Lipinski definition) is 0. The van der Waals surface area contributed by atoms with Crippen molar-refractivity contribution in [2.75, 3.05) is 9.80 Å². The molecule has 320 valence electrons. The van der Waals surface area contributed by atoms with Crippen LogP contribution in [0.2, 0.25) is 0 Å². The molecule has 0 unspecified atom stereocenters. The van der Waals surface area contributed by atoms with Crippen LogP contribution >= 0.6 is 0 Å². The van der Waals surface area contributed by atoms with Crippen molar-refractivity contribution in [3.05, 3.63) is 205 Å². The van der Waals surface area contributed by atoms with E-state index in [-0.39, 0.29) is 10.8 Å². The first-order valence-electron chi connectivity index (χ1n) is 23.0. The van der Waals surface area contributed by atoms with E-state index in [1.54, 1.807) is 0 Å². The lowest BCUT2D eigenvalue weighted by molar-refractivity contribution is 0.590. The van der Waals surface area contributed by atoms with E-state index in [1.165, 1.54) is 27.3 Å². The average molecular weight is 855 g/mol. The Morgan fingerprint density at radius 2 is 0.758 bits per heavy atom. The number of nitrogens with zero attached hydrogens (tertiary/aromatic N) is 2. The second-order valence-electron chi connectivity index (χ2n) is 19.7. The molecule has 0 atom stereocenters. The zero-order valence-electron chi connectivity index (χ0n) is 38.2. The first-order valence-corrected chi connectivity index (χ1v) is 23.0. The number of benzene rings is 10. The molecule has 12 rings (SSSR count). The van der Waals surface area contributed by atoms with E-state index in [0.29, 0.717) is 0 Å². The average Bonchev–Trinajstić information content (AvgIpc) is 3.90. The predicted octanol–water partition coefficient (Wildman–Crippen LogP) is 18.5. The molecular weight excluding hydrogens is 805 g/mol. The molecule has 12 aromatic rings. The van der Waals surface area contributed by atoms with Crippen LogP contribution in [0.4, 0.5) is 34.1 Å². The summed E-state index contributed by atoms with van der Waals surface area (Å²) < 4.78 is 14.4. The van der Waals surface area contributed by atoms with Gasteiger partial charge in [-0.3, -0.25) is 0 Å². The van der Waals surface area contributed by atoms with Gasteiger partial charge in [-0.2, -0.15) is 0 Å². The zero-order chi connectivity index (χ0) is 44.9. The summed E-state index contributed by atoms with van der Waals surface area (Å²) in [4.78, 5) is 4.78. The maximum atomic E-state index is 7.32. The largest absolute Gasteiger partial charge is 0.456 e. The first-order chi connectivity index (χ1) is 32.0. The molecule has 0 amide bonds. The number of anilines is 6. The minimum Gasteiger partial charge on any atom is -0.456 e. The van der Waals surface area contributed by atoms with Gasteiger partial charge in [-0.25, -0.2) is 0 Å². The Kier molecular flexibility index (Phi) is 8.95. The van der Waals surface area contributed by atoms with Crippen LogP contribution < -0.4 is 9.80 Å². The molecule has 0 fully saturated rings. The molecule has 0 radical (unpaired) electrons. The highest BCUT2D eigenvalue weighted by molar-refractivity contribution is 6.34. The van der Waals surface area contributed by atoms with Gasteiger partial charge in [-0.1, -0.05) is 181 Å². The maximum Gasteiger partial charge on any atom is 0.160 e. The first kappa shape index (κ1) is 39.7. The van der Waals surface area contributed by atoms with Crippen molar-refractivity contribution in [1.82, 2.24) is 0 Å². The van der Waals surface area contributed by atoms with E-state index >= 15 is 0 Å². The summed E-state index contributed by atoms with van der Waals surface area (Å²) >= 11 is 0. The molecule has 4 nitrogen and oxygen atoms in total. The number of rotatable bonds is 6. The van der Waals surface area contributed by atoms with Gasteiger partial charge in [-0.15, -0.1) is 0 Å². The summed E-state index contributed by atoms with van der Waals surface area (Å²) in [5.41, 5.74) is 12.1. The molecule has 10 aromatic carbocycles. The summed E-state index contributed by atoms with van der Waals surface area (Å²) in [6.07, 6.45) is 0. The van der Waals surface area contributed by atoms with Gasteiger partial charge in [0.25, 0.3) is 0 Å². The fraction of sp³-hybridized carbons (Fsp3) is 0.129. The van der Waals surface area contributed by atoms with Gasteiger partial charge in [0.05, 0.1) is 22.7 Å². The van der Waals surface area contributed by atoms with Crippen LogP contribution in [0.5, 0.6) is 0 Å². The Hall–Kier alpha value is -7.82. The molecule has 0 saturated carbocycles. The summed E-state index contributed by atoms with van der Waals surface area (Å²) in [6, 6.07) is 70.2. The van der Waals surface area contributed by atoms with Crippen molar-refractivity contribution in [1.29, 1.82) is 0 Å². The molecular formula is C62H50N2O2. The maximum absolute atomic E-state index is 7.32. The van der Waals surface area contributed by atoms with Crippen molar-refractivity contribution in [3.63, 3.8) is 0 Å². The Morgan fingerprint density at radius 1 is 0.318 bits per heavy atom. The smallest absolute Gasteiger partial charge is 0.160 e. The molecule has 0 aliphatic rings. The number of furan rings is 2. The van der Waals surface area contributed by atoms with E-state index in [9.17, 15) is 0 Å². The zero-order valence-corrected chi connectivity index (χ0v) is 38.2. The van der Waals surface area contributed by atoms with E-state index in [2.05, 4.69) is 245 Å². The van der Waals surface area contributed by atoms with E-state index in [1.807, 2.05) is 0 Å². The standard InChI is InChI=1S/C62H50N2O2/c1-61(2,3)41-29-33-43(34-30-41)63(50-26-15-19-39-17-7-9-21-45(39)50)52-37-55-57(48-24-12-11-23-47(48)52)59-56(65-55)38-53(60-58(59)49-25-13-14-28-54(49)66-60)64(44-35-31-42(32-36-44)62(4,5)6)51-27-16-20-40-18-8-10-22-46(40)51/h7-38H,1-6H3. The normalized spacial score (nSPS) is 12.4. The predicted molar refractivity (Wildman–Crippen MR) is 280 cm³/mol. The summed E-state index contributed by atoms with van der Waals surface area (Å²) in [5, 5.41) is 11.1. The second kappa shape index (κ2) is 14.9. The van der Waals surface area contributed by atoms with Crippen molar-refractivity contribution in [3.8, 4) is 0 Å². The number of fused-ring (bicyclic) bond motifs is 11. The molecule has 2 heterocycles. The van der Waals surface area contributed by atoms with Crippen LogP contribution in [0.25, 0.3) is 76.2 Å². The van der Waals surface area contributed by atoms with Crippen LogP contribution in [-0.4, -0.2) is 0 Å². The van der Waals surface area contributed by atoms with Gasteiger partial charge in [0.2, 0.25) is 0 Å². The lowest BCUT2D eigenvalue weighted by Crippen LogP contribution is -2.13. The molecule has 66 heavy (non-hydrogen) atoms. The van der Waals surface area contributed by atoms with Crippen LogP contribution in [0, 0.1) is 0 Å². The third-order valence-electron chi connectivity index (χ3n) is 13.5. The Labute approximate surface area is 384 Å². The minimum absolute atomic E-state index is 0.00267. The van der Waals surface area contributed by atoms with Crippen molar-refractivity contribution in [2.24, 2.45) is 0 Å². The third kappa shape index (κ3) is 6.35. The molecule has 2 aromatic heterocycles. The van der Waals surface area contributed by atoms with Crippen molar-refractivity contribution in [2.45, 2.75) is 52.4 Å². The van der Waals surface area contributed by atoms with E-state index in [4.69, 9.17) is 8.83 Å². The van der Waals surface area contributed by atoms with Crippen molar-refractivity contribution < 1.29 is 8.83 Å². The number of para-hydroxylation sites is 1. The fourth-order valence-corrected chi connectivity index (χ4v) is 10.2. The van der Waals surface area contributed by atoms with Gasteiger partial charge < -0.3 is 18.6 Å². The summed E-state index contributed by atoms with van der Waals surface area (Å²) in [7, 11) is 0. The number of hydrogen-bond acceptors (Lipinski definition) is 4. The van der Waals surface area contributed by atoms with Crippen molar-refractivity contribution >= 4 is 110 Å². The molecule has 0 aliphatic heterocycles. The highest BCUT2D eigenvalue weighted by Crippen LogP contribution is 2.52. The van der Waals surface area contributed by atoms with Gasteiger partial charge in [0.15, 0.2) is 5.58 Å². The molecule has 0 aliphatic carbocycles. The highest BCUT2D eigenvalue weighted by Gasteiger charge is 2.29. The van der Waals surface area contributed by atoms with Gasteiger partial charge in [0, 0.05) is 61.2 Å². The van der Waals surface area contributed by atoms with Crippen LogP contribution in [-0.2, 0) is 10.8 Å². The molecule has 0 saturated heterocycles.